The number of amides is 1. The zero-order valence-corrected chi connectivity index (χ0v) is 15.2. The average molecular weight is 328 g/mol. The molecule has 2 nitrogen and oxygen atoms in total. The average Bonchev–Trinajstić information content (AvgIpc) is 2.27. The van der Waals surface area contributed by atoms with E-state index in [4.69, 9.17) is 11.6 Å². The Kier molecular flexibility index (Phi) is 6.61. The zero-order valence-electron chi connectivity index (χ0n) is 13.6. The number of carbonyl (C=O) groups is 1. The van der Waals surface area contributed by atoms with Crippen LogP contribution in [0.3, 0.4) is 0 Å². The molecule has 1 aromatic carbocycles. The van der Waals surface area contributed by atoms with Crippen molar-refractivity contribution in [2.24, 2.45) is 5.41 Å². The third-order valence-electron chi connectivity index (χ3n) is 2.90. The van der Waals surface area contributed by atoms with Crippen molar-refractivity contribution in [2.45, 2.75) is 52.3 Å². The number of hydrogen-bond donors (Lipinski definition) is 1. The standard InChI is InChI=1S/C17H26ClNOS/c1-16(2,3)12-17(4,5)19-15(20)11-21-10-13-8-6-7-9-14(13)18/h6-9H,10-12H2,1-5H3,(H,19,20). The lowest BCUT2D eigenvalue weighted by molar-refractivity contribution is -0.120. The van der Waals surface area contributed by atoms with Gasteiger partial charge in [-0.15, -0.1) is 11.8 Å². The van der Waals surface area contributed by atoms with E-state index in [1.807, 2.05) is 24.3 Å². The lowest BCUT2D eigenvalue weighted by Gasteiger charge is -2.33. The first kappa shape index (κ1) is 18.4. The van der Waals surface area contributed by atoms with Gasteiger partial charge in [0.2, 0.25) is 5.91 Å². The Hall–Kier alpha value is -0.670. The second kappa shape index (κ2) is 7.55. The molecule has 0 aliphatic carbocycles. The minimum Gasteiger partial charge on any atom is -0.350 e. The third-order valence-corrected chi connectivity index (χ3v) is 4.25. The van der Waals surface area contributed by atoms with Crippen molar-refractivity contribution in [1.29, 1.82) is 0 Å². The summed E-state index contributed by atoms with van der Waals surface area (Å²) in [7, 11) is 0. The normalized spacial score (nSPS) is 12.3. The predicted molar refractivity (Wildman–Crippen MR) is 93.9 cm³/mol. The molecular formula is C17H26ClNOS. The van der Waals surface area contributed by atoms with E-state index in [9.17, 15) is 4.79 Å². The lowest BCUT2D eigenvalue weighted by Crippen LogP contribution is -2.46. The highest BCUT2D eigenvalue weighted by molar-refractivity contribution is 7.99. The van der Waals surface area contributed by atoms with Gasteiger partial charge in [0.05, 0.1) is 5.75 Å². The second-order valence-corrected chi connectivity index (χ2v) is 8.65. The largest absolute Gasteiger partial charge is 0.350 e. The van der Waals surface area contributed by atoms with Crippen molar-refractivity contribution in [1.82, 2.24) is 5.32 Å². The highest BCUT2D eigenvalue weighted by Crippen LogP contribution is 2.27. The Morgan fingerprint density at radius 2 is 1.81 bits per heavy atom. The molecular weight excluding hydrogens is 302 g/mol. The van der Waals surface area contributed by atoms with Gasteiger partial charge in [0.1, 0.15) is 0 Å². The summed E-state index contributed by atoms with van der Waals surface area (Å²) in [6, 6.07) is 7.76. The molecule has 0 radical (unpaired) electrons. The van der Waals surface area contributed by atoms with Crippen molar-refractivity contribution < 1.29 is 4.79 Å². The number of rotatable bonds is 6. The van der Waals surface area contributed by atoms with Crippen LogP contribution >= 0.6 is 23.4 Å². The fraction of sp³-hybridized carbons (Fsp3) is 0.588. The summed E-state index contributed by atoms with van der Waals surface area (Å²) in [5, 5.41) is 3.88. The Morgan fingerprint density at radius 1 is 1.19 bits per heavy atom. The summed E-state index contributed by atoms with van der Waals surface area (Å²) < 4.78 is 0. The highest BCUT2D eigenvalue weighted by atomic mass is 35.5. The van der Waals surface area contributed by atoms with Gasteiger partial charge in [-0.3, -0.25) is 4.79 Å². The number of halogens is 1. The van der Waals surface area contributed by atoms with Crippen LogP contribution in [0.2, 0.25) is 5.02 Å². The quantitative estimate of drug-likeness (QED) is 0.804. The molecule has 1 N–H and O–H groups in total. The Morgan fingerprint density at radius 3 is 2.38 bits per heavy atom. The Bertz CT molecular complexity index is 480. The van der Waals surface area contributed by atoms with Crippen LogP contribution < -0.4 is 5.32 Å². The van der Waals surface area contributed by atoms with Crippen LogP contribution in [0.15, 0.2) is 24.3 Å². The lowest BCUT2D eigenvalue weighted by atomic mass is 9.82. The molecule has 0 bridgehead atoms. The van der Waals surface area contributed by atoms with Gasteiger partial charge >= 0.3 is 0 Å². The Balaban J connectivity index is 2.39. The predicted octanol–water partition coefficient (Wildman–Crippen LogP) is 4.90. The summed E-state index contributed by atoms with van der Waals surface area (Å²) >= 11 is 7.70. The summed E-state index contributed by atoms with van der Waals surface area (Å²) in [5.41, 5.74) is 1.09. The molecule has 4 heteroatoms. The van der Waals surface area contributed by atoms with E-state index in [1.165, 1.54) is 0 Å². The van der Waals surface area contributed by atoms with Crippen LogP contribution in [0, 0.1) is 5.41 Å². The first-order chi connectivity index (χ1) is 9.59. The zero-order chi connectivity index (χ0) is 16.1. The topological polar surface area (TPSA) is 29.1 Å². The van der Waals surface area contributed by atoms with Crippen molar-refractivity contribution >= 4 is 29.3 Å². The van der Waals surface area contributed by atoms with Crippen LogP contribution in [-0.4, -0.2) is 17.2 Å². The van der Waals surface area contributed by atoms with Crippen molar-refractivity contribution in [3.63, 3.8) is 0 Å². The second-order valence-electron chi connectivity index (χ2n) is 7.25. The van der Waals surface area contributed by atoms with Crippen LogP contribution in [0.1, 0.15) is 46.6 Å². The molecule has 0 saturated heterocycles. The van der Waals surface area contributed by atoms with Crippen molar-refractivity contribution in [3.8, 4) is 0 Å². The van der Waals surface area contributed by atoms with Crippen LogP contribution in [0.4, 0.5) is 0 Å². The van der Waals surface area contributed by atoms with Crippen LogP contribution in [0.5, 0.6) is 0 Å². The molecule has 0 fully saturated rings. The van der Waals surface area contributed by atoms with Gasteiger partial charge in [0.25, 0.3) is 0 Å². The molecule has 0 atom stereocenters. The van der Waals surface area contributed by atoms with Gasteiger partial charge in [-0.25, -0.2) is 0 Å². The van der Waals surface area contributed by atoms with Crippen LogP contribution in [-0.2, 0) is 10.5 Å². The number of benzene rings is 1. The fourth-order valence-electron chi connectivity index (χ4n) is 2.65. The van der Waals surface area contributed by atoms with Crippen molar-refractivity contribution in [3.05, 3.63) is 34.9 Å². The molecule has 0 unspecified atom stereocenters. The SMILES string of the molecule is CC(C)(C)CC(C)(C)NC(=O)CSCc1ccccc1Cl. The molecule has 0 heterocycles. The molecule has 0 spiro atoms. The molecule has 1 amide bonds. The molecule has 0 aliphatic heterocycles. The molecule has 0 saturated carbocycles. The molecule has 1 rings (SSSR count). The summed E-state index contributed by atoms with van der Waals surface area (Å²) in [5.74, 6) is 1.30. The first-order valence-corrected chi connectivity index (χ1v) is 8.74. The van der Waals surface area contributed by atoms with E-state index in [1.54, 1.807) is 11.8 Å². The van der Waals surface area contributed by atoms with E-state index >= 15 is 0 Å². The summed E-state index contributed by atoms with van der Waals surface area (Å²) in [6.45, 7) is 10.7. The molecule has 118 valence electrons. The molecule has 0 aliphatic rings. The molecule has 1 aromatic rings. The van der Waals surface area contributed by atoms with Gasteiger partial charge < -0.3 is 5.32 Å². The monoisotopic (exact) mass is 327 g/mol. The van der Waals surface area contributed by atoms with E-state index in [0.717, 1.165) is 22.8 Å². The van der Waals surface area contributed by atoms with Crippen LogP contribution in [0.25, 0.3) is 0 Å². The number of thioether (sulfide) groups is 1. The molecule has 21 heavy (non-hydrogen) atoms. The van der Waals surface area contributed by atoms with Gasteiger partial charge in [-0.2, -0.15) is 0 Å². The number of hydrogen-bond acceptors (Lipinski definition) is 2. The van der Waals surface area contributed by atoms with Gasteiger partial charge in [-0.1, -0.05) is 50.6 Å². The maximum Gasteiger partial charge on any atom is 0.230 e. The van der Waals surface area contributed by atoms with Crippen molar-refractivity contribution in [2.75, 3.05) is 5.75 Å². The minimum absolute atomic E-state index is 0.0845. The van der Waals surface area contributed by atoms with E-state index < -0.39 is 0 Å². The fourth-order valence-corrected chi connectivity index (χ4v) is 3.77. The molecule has 0 aromatic heterocycles. The smallest absolute Gasteiger partial charge is 0.230 e. The van der Waals surface area contributed by atoms with Gasteiger partial charge in [0.15, 0.2) is 0 Å². The minimum atomic E-state index is -0.180. The summed E-state index contributed by atoms with van der Waals surface area (Å²) in [4.78, 5) is 12.1. The summed E-state index contributed by atoms with van der Waals surface area (Å²) in [6.07, 6.45) is 0.945. The van der Waals surface area contributed by atoms with E-state index in [0.29, 0.717) is 5.75 Å². The van der Waals surface area contributed by atoms with E-state index in [2.05, 4.69) is 39.9 Å². The Labute approximate surface area is 138 Å². The highest BCUT2D eigenvalue weighted by Gasteiger charge is 2.26. The van der Waals surface area contributed by atoms with E-state index in [-0.39, 0.29) is 16.9 Å². The van der Waals surface area contributed by atoms with Gasteiger partial charge in [-0.05, 0) is 37.3 Å². The van der Waals surface area contributed by atoms with Gasteiger partial charge in [0, 0.05) is 16.3 Å². The maximum atomic E-state index is 12.1. The number of carbonyl (C=O) groups excluding carboxylic acids is 1. The third kappa shape index (κ3) is 7.77. The number of nitrogens with one attached hydrogen (secondary N) is 1. The maximum absolute atomic E-state index is 12.1. The first-order valence-electron chi connectivity index (χ1n) is 7.21.